The average molecular weight is 489 g/mol. The van der Waals surface area contributed by atoms with Gasteiger partial charge in [-0.3, -0.25) is 14.2 Å². The van der Waals surface area contributed by atoms with Crippen molar-refractivity contribution < 1.29 is 18.4 Å². The first-order valence-corrected chi connectivity index (χ1v) is 12.0. The fourth-order valence-corrected chi connectivity index (χ4v) is 4.74. The lowest BCUT2D eigenvalue weighted by molar-refractivity contribution is -0.117. The molecule has 10 heteroatoms. The van der Waals surface area contributed by atoms with Crippen LogP contribution in [0.5, 0.6) is 0 Å². The van der Waals surface area contributed by atoms with Gasteiger partial charge in [0.1, 0.15) is 6.17 Å². The van der Waals surface area contributed by atoms with E-state index in [-0.39, 0.29) is 5.91 Å². The lowest BCUT2D eigenvalue weighted by Gasteiger charge is -2.31. The first-order chi connectivity index (χ1) is 15.8. The molecule has 2 heterocycles. The molecule has 2 unspecified atom stereocenters. The van der Waals surface area contributed by atoms with Crippen LogP contribution in [0.2, 0.25) is 5.02 Å². The minimum absolute atomic E-state index is 0.100. The van der Waals surface area contributed by atoms with Gasteiger partial charge in [0.15, 0.2) is 0 Å². The van der Waals surface area contributed by atoms with Crippen LogP contribution < -0.4 is 9.21 Å². The second-order valence-electron chi connectivity index (χ2n) is 8.08. The lowest BCUT2D eigenvalue weighted by atomic mass is 10.1. The number of benzene rings is 2. The van der Waals surface area contributed by atoms with Gasteiger partial charge in [0.2, 0.25) is 5.91 Å². The minimum atomic E-state index is -2.53. The Labute approximate surface area is 200 Å². The van der Waals surface area contributed by atoms with E-state index in [4.69, 9.17) is 11.6 Å². The number of rotatable bonds is 5. The van der Waals surface area contributed by atoms with E-state index in [1.54, 1.807) is 47.6 Å². The zero-order valence-corrected chi connectivity index (χ0v) is 19.9. The smallest absolute Gasteiger partial charge is 0.344 e. The summed E-state index contributed by atoms with van der Waals surface area (Å²) in [6, 6.07) is 11.8. The van der Waals surface area contributed by atoms with E-state index in [9.17, 15) is 18.4 Å². The zero-order valence-electron chi connectivity index (χ0n) is 18.3. The fraction of sp³-hybridized carbons (Fsp3) is 0.304. The van der Waals surface area contributed by atoms with Crippen molar-refractivity contribution in [1.82, 2.24) is 9.80 Å². The summed E-state index contributed by atoms with van der Waals surface area (Å²) in [5, 5.41) is 0.537. The first kappa shape index (κ1) is 23.3. The Kier molecular flexibility index (Phi) is 6.73. The van der Waals surface area contributed by atoms with Crippen LogP contribution in [-0.4, -0.2) is 43.2 Å². The fourth-order valence-electron chi connectivity index (χ4n) is 3.98. The number of anilines is 2. The summed E-state index contributed by atoms with van der Waals surface area (Å²) in [4.78, 5) is 30.2. The lowest BCUT2D eigenvalue weighted by Crippen LogP contribution is -2.47. The number of carbonyl (C=O) groups is 2. The Morgan fingerprint density at radius 2 is 1.94 bits per heavy atom. The van der Waals surface area contributed by atoms with Gasteiger partial charge in [0, 0.05) is 42.6 Å². The van der Waals surface area contributed by atoms with Crippen LogP contribution in [0.25, 0.3) is 0 Å². The normalized spacial score (nSPS) is 18.8. The highest BCUT2D eigenvalue weighted by Gasteiger charge is 2.34. The molecule has 3 amide bonds. The molecule has 2 aliphatic rings. The van der Waals surface area contributed by atoms with Crippen molar-refractivity contribution in [2.45, 2.75) is 39.4 Å². The molecule has 0 aromatic heterocycles. The molecule has 0 aliphatic carbocycles. The average Bonchev–Trinajstić information content (AvgIpc) is 3.36. The number of nitrogens with zero attached hydrogens (tertiary/aromatic N) is 4. The monoisotopic (exact) mass is 488 g/mol. The Morgan fingerprint density at radius 3 is 2.55 bits per heavy atom. The van der Waals surface area contributed by atoms with Crippen LogP contribution in [0.15, 0.2) is 54.9 Å². The van der Waals surface area contributed by atoms with Crippen LogP contribution in [0.4, 0.5) is 16.2 Å². The standard InChI is InChI=1S/C23H25ClN4O4S/c1-16-5-8-19(9-6-16)28(33(31)32)23(30)26-13-12-25(17(26)2)15-18-7-10-20(14-21(18)24)27-11-3-4-22(27)29/h5-10,12-14,17H,3-4,11,15H2,1-2H3,(H,31,32). The van der Waals surface area contributed by atoms with Gasteiger partial charge in [0.05, 0.1) is 5.69 Å². The maximum atomic E-state index is 13.1. The molecule has 174 valence electrons. The van der Waals surface area contributed by atoms with Gasteiger partial charge in [-0.2, -0.15) is 4.31 Å². The first-order valence-electron chi connectivity index (χ1n) is 10.6. The maximum absolute atomic E-state index is 13.1. The topological polar surface area (TPSA) is 84.4 Å². The summed E-state index contributed by atoms with van der Waals surface area (Å²) in [6.45, 7) is 4.86. The molecule has 0 bridgehead atoms. The molecule has 1 fully saturated rings. The molecule has 8 nitrogen and oxygen atoms in total. The van der Waals surface area contributed by atoms with Gasteiger partial charge in [-0.1, -0.05) is 35.4 Å². The molecule has 2 aliphatic heterocycles. The van der Waals surface area contributed by atoms with Gasteiger partial charge in [-0.15, -0.1) is 0 Å². The number of hydrogen-bond acceptors (Lipinski definition) is 4. The van der Waals surface area contributed by atoms with E-state index in [0.717, 1.165) is 27.5 Å². The molecule has 1 saturated heterocycles. The molecule has 0 saturated carbocycles. The molecule has 2 aromatic carbocycles. The molecule has 2 aromatic rings. The van der Waals surface area contributed by atoms with E-state index in [1.165, 1.54) is 4.90 Å². The number of hydrogen-bond donors (Lipinski definition) is 1. The van der Waals surface area contributed by atoms with Crippen molar-refractivity contribution >= 4 is 46.2 Å². The zero-order chi connectivity index (χ0) is 23.7. The number of urea groups is 1. The Balaban J connectivity index is 1.47. The Morgan fingerprint density at radius 1 is 1.21 bits per heavy atom. The number of carbonyl (C=O) groups excluding carboxylic acids is 2. The van der Waals surface area contributed by atoms with Gasteiger partial charge in [-0.05, 0) is 50.1 Å². The molecular weight excluding hydrogens is 464 g/mol. The molecule has 4 rings (SSSR count). The third-order valence-electron chi connectivity index (χ3n) is 5.90. The number of aryl methyl sites for hydroxylation is 1. The summed E-state index contributed by atoms with van der Waals surface area (Å²) in [5.74, 6) is 0.100. The van der Waals surface area contributed by atoms with Crippen molar-refractivity contribution in [3.63, 3.8) is 0 Å². The minimum Gasteiger partial charge on any atom is -0.351 e. The maximum Gasteiger partial charge on any atom is 0.344 e. The van der Waals surface area contributed by atoms with Crippen LogP contribution in [-0.2, 0) is 22.6 Å². The van der Waals surface area contributed by atoms with E-state index < -0.39 is 23.5 Å². The molecule has 2 atom stereocenters. The molecule has 0 radical (unpaired) electrons. The van der Waals surface area contributed by atoms with Gasteiger partial charge < -0.3 is 9.80 Å². The number of amides is 3. The van der Waals surface area contributed by atoms with Gasteiger partial charge >= 0.3 is 6.03 Å². The second kappa shape index (κ2) is 9.54. The Hall–Kier alpha value is -2.88. The van der Waals surface area contributed by atoms with E-state index >= 15 is 0 Å². The predicted octanol–water partition coefficient (Wildman–Crippen LogP) is 4.47. The highest BCUT2D eigenvalue weighted by Crippen LogP contribution is 2.30. The largest absolute Gasteiger partial charge is 0.351 e. The summed E-state index contributed by atoms with van der Waals surface area (Å²) < 4.78 is 22.6. The van der Waals surface area contributed by atoms with Crippen LogP contribution in [0, 0.1) is 6.92 Å². The molecule has 33 heavy (non-hydrogen) atoms. The second-order valence-corrected chi connectivity index (χ2v) is 9.31. The van der Waals surface area contributed by atoms with Gasteiger partial charge in [0.25, 0.3) is 11.3 Å². The van der Waals surface area contributed by atoms with Crippen LogP contribution in [0.1, 0.15) is 30.9 Å². The van der Waals surface area contributed by atoms with E-state index in [1.807, 2.05) is 30.9 Å². The summed E-state index contributed by atoms with van der Waals surface area (Å²) >= 11 is 3.99. The molecule has 1 N–H and O–H groups in total. The van der Waals surface area contributed by atoms with Gasteiger partial charge in [-0.25, -0.2) is 9.00 Å². The molecular formula is C23H25ClN4O4S. The van der Waals surface area contributed by atoms with Crippen molar-refractivity contribution in [1.29, 1.82) is 0 Å². The molecule has 0 spiro atoms. The SMILES string of the molecule is Cc1ccc(N(C(=O)N2C=CN(Cc3ccc(N4CCCC4=O)cc3Cl)C2C)S(=O)O)cc1. The summed E-state index contributed by atoms with van der Waals surface area (Å²) in [5.41, 5.74) is 2.94. The van der Waals surface area contributed by atoms with Crippen LogP contribution in [0.3, 0.4) is 0 Å². The number of halogens is 1. The van der Waals surface area contributed by atoms with Crippen molar-refractivity contribution in [2.24, 2.45) is 0 Å². The summed E-state index contributed by atoms with van der Waals surface area (Å²) in [6.07, 6.45) is 4.34. The van der Waals surface area contributed by atoms with Crippen molar-refractivity contribution in [3.05, 3.63) is 71.0 Å². The van der Waals surface area contributed by atoms with Crippen molar-refractivity contribution in [3.8, 4) is 0 Å². The third-order valence-corrected chi connectivity index (χ3v) is 6.93. The van der Waals surface area contributed by atoms with E-state index in [0.29, 0.717) is 30.2 Å². The van der Waals surface area contributed by atoms with Crippen LogP contribution >= 0.6 is 11.6 Å². The van der Waals surface area contributed by atoms with Crippen molar-refractivity contribution in [2.75, 3.05) is 15.7 Å². The highest BCUT2D eigenvalue weighted by molar-refractivity contribution is 7.81. The highest BCUT2D eigenvalue weighted by atomic mass is 35.5. The third kappa shape index (κ3) is 4.75. The summed E-state index contributed by atoms with van der Waals surface area (Å²) in [7, 11) is 0. The quantitative estimate of drug-likeness (QED) is 0.627. The Bertz CT molecular complexity index is 1120. The van der Waals surface area contributed by atoms with E-state index in [2.05, 4.69) is 0 Å². The predicted molar refractivity (Wildman–Crippen MR) is 129 cm³/mol.